The Morgan fingerprint density at radius 1 is 1.14 bits per heavy atom. The van der Waals surface area contributed by atoms with E-state index in [-0.39, 0.29) is 17.3 Å². The fourth-order valence-electron chi connectivity index (χ4n) is 3.48. The molecule has 0 saturated carbocycles. The third-order valence-electron chi connectivity index (χ3n) is 6.54. The summed E-state index contributed by atoms with van der Waals surface area (Å²) in [6.45, 7) is 11.3. The van der Waals surface area contributed by atoms with Gasteiger partial charge in [-0.25, -0.2) is 8.42 Å². The van der Waals surface area contributed by atoms with Crippen LogP contribution < -0.4 is 9.04 Å². The Balaban J connectivity index is 1.84. The molecule has 35 heavy (non-hydrogen) atoms. The third kappa shape index (κ3) is 6.42. The van der Waals surface area contributed by atoms with Crippen molar-refractivity contribution in [1.82, 2.24) is 0 Å². The molecule has 2 aromatic rings. The van der Waals surface area contributed by atoms with Crippen molar-refractivity contribution in [2.75, 3.05) is 17.5 Å². The molecule has 2 aromatic carbocycles. The Labute approximate surface area is 214 Å². The van der Waals surface area contributed by atoms with Gasteiger partial charge in [-0.3, -0.25) is 4.31 Å². The van der Waals surface area contributed by atoms with Gasteiger partial charge in [-0.15, -0.1) is 0 Å². The van der Waals surface area contributed by atoms with Crippen LogP contribution in [0.3, 0.4) is 0 Å². The lowest BCUT2D eigenvalue weighted by Gasteiger charge is -2.37. The van der Waals surface area contributed by atoms with Crippen LogP contribution >= 0.6 is 15.9 Å². The van der Waals surface area contributed by atoms with E-state index in [1.54, 1.807) is 18.2 Å². The van der Waals surface area contributed by atoms with Crippen molar-refractivity contribution >= 4 is 40.0 Å². The van der Waals surface area contributed by atoms with Gasteiger partial charge in [0.05, 0.1) is 22.7 Å². The van der Waals surface area contributed by atoms with Crippen LogP contribution in [0.1, 0.15) is 39.2 Å². The molecule has 1 aliphatic rings. The fraction of sp³-hybridized carbons (Fsp3) is 0.500. The van der Waals surface area contributed by atoms with Crippen LogP contribution in [0.4, 0.5) is 18.9 Å². The molecule has 11 heteroatoms. The monoisotopic (exact) mass is 593 g/mol. The van der Waals surface area contributed by atoms with Crippen LogP contribution in [0.5, 0.6) is 5.75 Å². The average molecular weight is 595 g/mol. The van der Waals surface area contributed by atoms with E-state index in [0.717, 1.165) is 16.4 Å². The highest BCUT2D eigenvalue weighted by Crippen LogP contribution is 2.41. The number of nitrogens with zero attached hydrogens (tertiary/aromatic N) is 1. The van der Waals surface area contributed by atoms with Gasteiger partial charge in [-0.2, -0.15) is 13.2 Å². The highest BCUT2D eigenvalue weighted by atomic mass is 79.9. The summed E-state index contributed by atoms with van der Waals surface area (Å²) in [5, 5.41) is 0.0799. The second kappa shape index (κ2) is 10.1. The van der Waals surface area contributed by atoms with E-state index in [9.17, 15) is 21.6 Å². The second-order valence-electron chi connectivity index (χ2n) is 10.2. The molecule has 1 atom stereocenters. The smallest absolute Gasteiger partial charge is 0.416 e. The zero-order chi connectivity index (χ0) is 26.2. The number of hydrogen-bond donors (Lipinski definition) is 0. The highest BCUT2D eigenvalue weighted by Gasteiger charge is 2.38. The molecule has 1 unspecified atom stereocenters. The minimum absolute atomic E-state index is 0.0118. The normalized spacial score (nSPS) is 17.2. The van der Waals surface area contributed by atoms with Crippen molar-refractivity contribution in [2.45, 2.75) is 68.9 Å². The molecule has 5 nitrogen and oxygen atoms in total. The number of halogens is 4. The van der Waals surface area contributed by atoms with Gasteiger partial charge in [-0.1, -0.05) is 42.8 Å². The first-order valence-electron chi connectivity index (χ1n) is 11.3. The first-order valence-corrected chi connectivity index (χ1v) is 16.5. The molecular weight excluding hydrogens is 563 g/mol. The summed E-state index contributed by atoms with van der Waals surface area (Å²) in [7, 11) is -6.18. The largest absolute Gasteiger partial charge is 0.486 e. The summed E-state index contributed by atoms with van der Waals surface area (Å²) in [6.07, 6.45) is -3.91. The molecule has 0 bridgehead atoms. The molecule has 0 N–H and O–H groups in total. The zero-order valence-corrected chi connectivity index (χ0v) is 23.9. The number of rotatable bonds is 7. The zero-order valence-electron chi connectivity index (χ0n) is 20.4. The lowest BCUT2D eigenvalue weighted by Crippen LogP contribution is -2.44. The van der Waals surface area contributed by atoms with E-state index in [2.05, 4.69) is 49.8 Å². The van der Waals surface area contributed by atoms with Crippen molar-refractivity contribution in [2.24, 2.45) is 0 Å². The predicted molar refractivity (Wildman–Crippen MR) is 137 cm³/mol. The maximum Gasteiger partial charge on any atom is 0.416 e. The molecule has 194 valence electrons. The fourth-order valence-corrected chi connectivity index (χ4v) is 6.46. The first-order chi connectivity index (χ1) is 16.0. The number of sulfonamides is 1. The number of ether oxygens (including phenoxy) is 1. The predicted octanol–water partition coefficient (Wildman–Crippen LogP) is 7.23. The third-order valence-corrected chi connectivity index (χ3v) is 13.3. The Hall–Kier alpha value is -1.56. The molecule has 0 saturated heterocycles. The summed E-state index contributed by atoms with van der Waals surface area (Å²) in [4.78, 5) is -0.417. The standard InChI is InChI=1S/C24H31BrF3NO4SSi/c1-23(2,3)35(4,5)32-13-7-9-19-16-29(21-15-18(25)11-12-22(21)33-19)34(30,31)20-10-6-8-17(14-20)24(26,27)28/h6,8,10-12,14-15,19H,7,9,13,16H2,1-5H3. The summed E-state index contributed by atoms with van der Waals surface area (Å²) in [6, 6.07) is 8.80. The Morgan fingerprint density at radius 2 is 1.83 bits per heavy atom. The van der Waals surface area contributed by atoms with E-state index in [1.807, 2.05) is 0 Å². The van der Waals surface area contributed by atoms with Crippen molar-refractivity contribution in [3.8, 4) is 5.75 Å². The van der Waals surface area contributed by atoms with Crippen LogP contribution in [0.25, 0.3) is 0 Å². The van der Waals surface area contributed by atoms with Gasteiger partial charge in [0.1, 0.15) is 11.9 Å². The molecular formula is C24H31BrF3NO4SSi. The Bertz CT molecular complexity index is 1170. The molecule has 0 spiro atoms. The molecule has 0 aromatic heterocycles. The summed E-state index contributed by atoms with van der Waals surface area (Å²) in [5.74, 6) is 0.366. The SMILES string of the molecule is CC(C)(C)[Si](C)(C)OCCCC1CN(S(=O)(=O)c2cccc(C(F)(F)F)c2)c2cc(Br)ccc2O1. The lowest BCUT2D eigenvalue weighted by atomic mass is 10.1. The van der Waals surface area contributed by atoms with Gasteiger partial charge >= 0.3 is 6.18 Å². The molecule has 1 heterocycles. The summed E-state index contributed by atoms with van der Waals surface area (Å²) < 4.78 is 80.8. The van der Waals surface area contributed by atoms with Crippen molar-refractivity contribution in [1.29, 1.82) is 0 Å². The number of hydrogen-bond acceptors (Lipinski definition) is 4. The van der Waals surface area contributed by atoms with E-state index in [4.69, 9.17) is 9.16 Å². The molecule has 0 aliphatic carbocycles. The van der Waals surface area contributed by atoms with E-state index >= 15 is 0 Å². The van der Waals surface area contributed by atoms with Crippen molar-refractivity contribution in [3.05, 3.63) is 52.5 Å². The molecule has 0 fully saturated rings. The molecule has 3 rings (SSSR count). The minimum Gasteiger partial charge on any atom is -0.486 e. The maximum atomic E-state index is 13.5. The van der Waals surface area contributed by atoms with Crippen molar-refractivity contribution < 1.29 is 30.8 Å². The number of anilines is 1. The summed E-state index contributed by atoms with van der Waals surface area (Å²) >= 11 is 3.34. The first kappa shape index (κ1) is 28.0. The van der Waals surface area contributed by atoms with Crippen LogP contribution in [0, 0.1) is 0 Å². The van der Waals surface area contributed by atoms with Crippen LogP contribution in [-0.2, 0) is 20.6 Å². The van der Waals surface area contributed by atoms with Gasteiger partial charge in [-0.05, 0) is 67.4 Å². The van der Waals surface area contributed by atoms with Gasteiger partial charge in [0, 0.05) is 11.1 Å². The number of alkyl halides is 3. The molecule has 1 aliphatic heterocycles. The minimum atomic E-state index is -4.65. The van der Waals surface area contributed by atoms with Gasteiger partial charge in [0.15, 0.2) is 8.32 Å². The quantitative estimate of drug-likeness (QED) is 0.251. The topological polar surface area (TPSA) is 55.8 Å². The average Bonchev–Trinajstić information content (AvgIpc) is 2.75. The van der Waals surface area contributed by atoms with Crippen molar-refractivity contribution in [3.63, 3.8) is 0 Å². The molecule has 0 radical (unpaired) electrons. The second-order valence-corrected chi connectivity index (χ2v) is 17.8. The lowest BCUT2D eigenvalue weighted by molar-refractivity contribution is -0.137. The van der Waals surface area contributed by atoms with Gasteiger partial charge in [0.2, 0.25) is 0 Å². The van der Waals surface area contributed by atoms with Crippen LogP contribution in [0.15, 0.2) is 51.8 Å². The van der Waals surface area contributed by atoms with Crippen LogP contribution in [0.2, 0.25) is 18.1 Å². The number of benzene rings is 2. The molecule has 0 amide bonds. The maximum absolute atomic E-state index is 13.5. The van der Waals surface area contributed by atoms with E-state index in [1.165, 1.54) is 6.07 Å². The highest BCUT2D eigenvalue weighted by molar-refractivity contribution is 9.10. The van der Waals surface area contributed by atoms with E-state index < -0.39 is 41.1 Å². The number of fused-ring (bicyclic) bond motifs is 1. The summed E-state index contributed by atoms with van der Waals surface area (Å²) in [5.41, 5.74) is -0.730. The van der Waals surface area contributed by atoms with Gasteiger partial charge in [0.25, 0.3) is 10.0 Å². The van der Waals surface area contributed by atoms with Crippen LogP contribution in [-0.4, -0.2) is 36.0 Å². The van der Waals surface area contributed by atoms with Gasteiger partial charge < -0.3 is 9.16 Å². The Kier molecular flexibility index (Phi) is 8.06. The Morgan fingerprint density at radius 3 is 2.46 bits per heavy atom. The van der Waals surface area contributed by atoms with E-state index in [0.29, 0.717) is 35.7 Å².